The van der Waals surface area contributed by atoms with Crippen molar-refractivity contribution in [3.05, 3.63) is 124 Å². The highest BCUT2D eigenvalue weighted by Crippen LogP contribution is 2.40. The van der Waals surface area contributed by atoms with Crippen molar-refractivity contribution in [1.29, 1.82) is 0 Å². The number of phenolic OH excluding ortho intramolecular Hbond substituents is 1. The second-order valence-corrected chi connectivity index (χ2v) is 13.4. The number of benzene rings is 5. The quantitative estimate of drug-likeness (QED) is 0.0516. The lowest BCUT2D eigenvalue weighted by Crippen LogP contribution is -2.28. The predicted octanol–water partition coefficient (Wildman–Crippen LogP) is 7.31. The number of fused-ring (bicyclic) bond motifs is 1. The van der Waals surface area contributed by atoms with Crippen LogP contribution in [0.3, 0.4) is 0 Å². The van der Waals surface area contributed by atoms with Crippen molar-refractivity contribution < 1.29 is 28.6 Å². The van der Waals surface area contributed by atoms with Crippen molar-refractivity contribution in [2.24, 2.45) is 0 Å². The van der Waals surface area contributed by atoms with Crippen LogP contribution in [0.25, 0.3) is 16.5 Å². The minimum absolute atomic E-state index is 0.0198. The third kappa shape index (κ3) is 11.8. The number of nitrogens with one attached hydrogen (secondary N) is 1. The first kappa shape index (κ1) is 43.5. The normalized spacial score (nSPS) is 9.70. The van der Waals surface area contributed by atoms with E-state index in [1.54, 1.807) is 53.6 Å². The number of carbonyl (C=O) groups is 1. The molecule has 0 fully saturated rings. The largest absolute Gasteiger partial charge is 0.506 e. The van der Waals surface area contributed by atoms with Gasteiger partial charge >= 0.3 is 0 Å². The van der Waals surface area contributed by atoms with Gasteiger partial charge in [0, 0.05) is 70.0 Å². The van der Waals surface area contributed by atoms with E-state index in [0.29, 0.717) is 21.5 Å². The number of hydrogen-bond acceptors (Lipinski definition) is 12. The molecule has 5 aromatic carbocycles. The summed E-state index contributed by atoms with van der Waals surface area (Å²) in [6.45, 7) is 3.79. The van der Waals surface area contributed by atoms with Gasteiger partial charge in [-0.05, 0) is 96.2 Å². The topological polar surface area (TPSA) is 167 Å². The maximum atomic E-state index is 13.9. The minimum Gasteiger partial charge on any atom is -0.506 e. The Labute approximate surface area is 366 Å². The maximum absolute atomic E-state index is 13.9. The second kappa shape index (κ2) is 21.8. The van der Waals surface area contributed by atoms with Crippen LogP contribution in [0.4, 0.5) is 11.4 Å². The summed E-state index contributed by atoms with van der Waals surface area (Å²) in [7, 11) is 0. The minimum atomic E-state index is -0.700. The van der Waals surface area contributed by atoms with E-state index in [2.05, 4.69) is 98.0 Å². The number of amides is 1. The number of hydrogen-bond donors (Lipinski definition) is 2. The molecule has 0 aliphatic carbocycles. The fourth-order valence-corrected chi connectivity index (χ4v) is 6.05. The molecule has 0 saturated heterocycles. The number of non-ortho nitro benzene ring substituents is 1. The van der Waals surface area contributed by atoms with Crippen LogP contribution < -0.4 is 14.8 Å². The van der Waals surface area contributed by atoms with Crippen LogP contribution in [0.1, 0.15) is 29.8 Å². The van der Waals surface area contributed by atoms with Gasteiger partial charge in [0.25, 0.3) is 11.6 Å². The highest BCUT2D eigenvalue weighted by molar-refractivity contribution is 7.94. The van der Waals surface area contributed by atoms with E-state index in [0.717, 1.165) is 17.7 Å². The summed E-state index contributed by atoms with van der Waals surface area (Å²) in [5.74, 6) is 28.9. The Hall–Kier alpha value is -9.11. The van der Waals surface area contributed by atoms with Gasteiger partial charge in [0.2, 0.25) is 5.16 Å². The number of ether oxygens (including phenoxy) is 2. The van der Waals surface area contributed by atoms with E-state index >= 15 is 0 Å². The summed E-state index contributed by atoms with van der Waals surface area (Å²) in [5.41, 5.74) is 1.03. The molecular formula is C48H29N7O7S. The molecular weight excluding hydrogens is 819 g/mol. The molecule has 1 aromatic heterocycles. The molecule has 304 valence electrons. The van der Waals surface area contributed by atoms with Gasteiger partial charge in [0.1, 0.15) is 23.4 Å². The first-order chi connectivity index (χ1) is 30.7. The number of carbonyl (C=O) groups excluding carboxylic acids is 1. The number of terminal acetylenes is 1. The van der Waals surface area contributed by atoms with Gasteiger partial charge < -0.3 is 19.9 Å². The number of nitro groups is 1. The fourth-order valence-electron chi connectivity index (χ4n) is 5.38. The van der Waals surface area contributed by atoms with Crippen LogP contribution >= 0.6 is 12.0 Å². The van der Waals surface area contributed by atoms with Crippen molar-refractivity contribution in [3.63, 3.8) is 0 Å². The molecule has 0 saturated carbocycles. The first-order valence-electron chi connectivity index (χ1n) is 18.4. The number of tetrazole rings is 1. The molecule has 6 rings (SSSR count). The van der Waals surface area contributed by atoms with Gasteiger partial charge in [-0.25, -0.2) is 4.28 Å². The molecule has 0 atom stereocenters. The van der Waals surface area contributed by atoms with Crippen molar-refractivity contribution in [2.75, 3.05) is 5.32 Å². The first-order valence-corrected chi connectivity index (χ1v) is 19.2. The third-order valence-corrected chi connectivity index (χ3v) is 8.96. The van der Waals surface area contributed by atoms with Crippen LogP contribution in [0.5, 0.6) is 23.0 Å². The lowest BCUT2D eigenvalue weighted by atomic mass is 10.0. The molecule has 0 spiro atoms. The van der Waals surface area contributed by atoms with Crippen LogP contribution in [-0.2, 0) is 10.8 Å². The van der Waals surface area contributed by atoms with Gasteiger partial charge in [-0.1, -0.05) is 59.7 Å². The number of anilines is 1. The molecule has 6 aromatic rings. The lowest BCUT2D eigenvalue weighted by molar-refractivity contribution is -0.385. The summed E-state index contributed by atoms with van der Waals surface area (Å²) >= 11 is 0.912. The predicted molar refractivity (Wildman–Crippen MR) is 236 cm³/mol. The van der Waals surface area contributed by atoms with Crippen LogP contribution in [-0.4, -0.2) is 47.2 Å². The molecule has 0 aliphatic heterocycles. The van der Waals surface area contributed by atoms with Crippen molar-refractivity contribution in [2.45, 2.75) is 31.6 Å². The smallest absolute Gasteiger partial charge is 0.270 e. The number of para-hydroxylation sites is 3. The Morgan fingerprint density at radius 3 is 2.19 bits per heavy atom. The Bertz CT molecular complexity index is 3150. The van der Waals surface area contributed by atoms with E-state index in [-0.39, 0.29) is 52.5 Å². The summed E-state index contributed by atoms with van der Waals surface area (Å²) in [4.78, 5) is 25.3. The highest BCUT2D eigenvalue weighted by Gasteiger charge is 2.23. The molecule has 0 radical (unpaired) electrons. The zero-order chi connectivity index (χ0) is 44.4. The van der Waals surface area contributed by atoms with Crippen molar-refractivity contribution >= 4 is 40.1 Å². The number of nitro benzene ring substituents is 1. The molecule has 1 heterocycles. The molecule has 14 nitrogen and oxygen atoms in total. The standard InChI is InChI=1S/C48H29N7O7S/c1-4-5-6-7-8-9-10-11-12-13-14-22-31-60-44-28-21-20-27-42(44)49-47(57)41-33-45(39-25-18-19-26-40(39)46(41)56)61-43-30-29-38(55(58)59)32-36(43)34-53(35(2)3)62-63-48-50-51-52-54(48)37-23-16-15-17-24-37/h1,15-21,23-30,32-33,35,56H,34H2,2-3H3,(H,49,57). The SMILES string of the molecule is C#CC#CC#CC#CC#CC#CC#COc1ccccc1NC(=O)c1cc(Oc2ccc([N+](=O)[O-])cc2CN(OSc2nnnn2-c2ccccc2)C(C)C)c2ccccc2c1O. The monoisotopic (exact) mass is 847 g/mol. The molecule has 63 heavy (non-hydrogen) atoms. The summed E-state index contributed by atoms with van der Waals surface area (Å²) in [5, 5.41) is 40.8. The summed E-state index contributed by atoms with van der Waals surface area (Å²) < 4.78 is 19.7. The Morgan fingerprint density at radius 2 is 1.49 bits per heavy atom. The highest BCUT2D eigenvalue weighted by atomic mass is 32.2. The average Bonchev–Trinajstić information content (AvgIpc) is 3.77. The number of aromatic hydroxyl groups is 1. The molecule has 2 N–H and O–H groups in total. The zero-order valence-electron chi connectivity index (χ0n) is 33.2. The van der Waals surface area contributed by atoms with Crippen molar-refractivity contribution in [3.8, 4) is 112 Å². The molecule has 0 bridgehead atoms. The van der Waals surface area contributed by atoms with E-state index in [1.165, 1.54) is 28.9 Å². The van der Waals surface area contributed by atoms with E-state index in [4.69, 9.17) is 20.2 Å². The van der Waals surface area contributed by atoms with Gasteiger partial charge in [-0.3, -0.25) is 14.9 Å². The van der Waals surface area contributed by atoms with Crippen LogP contribution in [0.15, 0.2) is 108 Å². The molecule has 15 heteroatoms. The van der Waals surface area contributed by atoms with E-state index < -0.39 is 10.8 Å². The van der Waals surface area contributed by atoms with Gasteiger partial charge in [0.05, 0.1) is 40.4 Å². The number of hydroxylamine groups is 2. The Balaban J connectivity index is 1.23. The molecule has 1 amide bonds. The van der Waals surface area contributed by atoms with Gasteiger partial charge in [-0.15, -0.1) is 6.42 Å². The van der Waals surface area contributed by atoms with E-state index in [9.17, 15) is 20.0 Å². The summed E-state index contributed by atoms with van der Waals surface area (Å²) in [6, 6.07) is 27.9. The third-order valence-electron chi connectivity index (χ3n) is 8.29. The van der Waals surface area contributed by atoms with Crippen LogP contribution in [0, 0.1) is 93.7 Å². The zero-order valence-corrected chi connectivity index (χ0v) is 34.0. The number of phenols is 1. The Morgan fingerprint density at radius 1 is 0.841 bits per heavy atom. The van der Waals surface area contributed by atoms with Crippen LogP contribution in [0.2, 0.25) is 0 Å². The molecule has 0 aliphatic rings. The number of nitrogens with zero attached hydrogens (tertiary/aromatic N) is 6. The average molecular weight is 848 g/mol. The van der Waals surface area contributed by atoms with Gasteiger partial charge in [0.15, 0.2) is 5.75 Å². The number of aromatic nitrogens is 4. The summed E-state index contributed by atoms with van der Waals surface area (Å²) in [6.07, 6.45) is 7.46. The maximum Gasteiger partial charge on any atom is 0.270 e. The Kier molecular flexibility index (Phi) is 15.0. The van der Waals surface area contributed by atoms with Gasteiger partial charge in [-0.2, -0.15) is 9.75 Å². The second-order valence-electron chi connectivity index (χ2n) is 12.7. The number of rotatable bonds is 13. The lowest BCUT2D eigenvalue weighted by Gasteiger charge is -2.25. The fraction of sp³-hybridized carbons (Fsp3) is 0.0833. The molecule has 0 unspecified atom stereocenters. The van der Waals surface area contributed by atoms with Crippen molar-refractivity contribution in [1.82, 2.24) is 25.3 Å². The van der Waals surface area contributed by atoms with E-state index in [1.807, 2.05) is 44.2 Å².